The molecule has 0 saturated carbocycles. The Morgan fingerprint density at radius 1 is 1.33 bits per heavy atom. The summed E-state index contributed by atoms with van der Waals surface area (Å²) in [7, 11) is 0. The second-order valence-electron chi connectivity index (χ2n) is 3.89. The Morgan fingerprint density at radius 2 is 2.06 bits per heavy atom. The summed E-state index contributed by atoms with van der Waals surface area (Å²) in [6.45, 7) is 1.88. The van der Waals surface area contributed by atoms with Crippen LogP contribution in [0.4, 0.5) is 0 Å². The Bertz CT molecular complexity index is 625. The molecule has 2 aromatic rings. The third-order valence-electron chi connectivity index (χ3n) is 2.71. The van der Waals surface area contributed by atoms with Crippen LogP contribution in [-0.4, -0.2) is 5.78 Å². The van der Waals surface area contributed by atoms with Crippen molar-refractivity contribution in [2.75, 3.05) is 0 Å². The molecule has 2 rings (SSSR count). The van der Waals surface area contributed by atoms with Crippen molar-refractivity contribution in [1.82, 2.24) is 0 Å². The van der Waals surface area contributed by atoms with Gasteiger partial charge in [-0.15, -0.1) is 0 Å². The molecule has 1 atom stereocenters. The summed E-state index contributed by atoms with van der Waals surface area (Å²) in [5, 5.41) is 9.22. The molecule has 4 heteroatoms. The fourth-order valence-corrected chi connectivity index (χ4v) is 2.08. The number of ketones is 1. The molecule has 1 aromatic carbocycles. The lowest BCUT2D eigenvalue weighted by molar-refractivity contribution is 0.0950. The van der Waals surface area contributed by atoms with Crippen LogP contribution >= 0.6 is 15.9 Å². The first-order valence-electron chi connectivity index (χ1n) is 5.38. The van der Waals surface area contributed by atoms with Gasteiger partial charge in [0.05, 0.1) is 6.07 Å². The molecule has 0 radical (unpaired) electrons. The molecule has 90 valence electrons. The molecule has 0 bridgehead atoms. The van der Waals surface area contributed by atoms with E-state index in [1.54, 1.807) is 18.2 Å². The predicted octanol–water partition coefficient (Wildman–Crippen LogP) is 3.84. The van der Waals surface area contributed by atoms with E-state index in [4.69, 9.17) is 4.42 Å². The number of carbonyl (C=O) groups is 1. The van der Waals surface area contributed by atoms with Crippen molar-refractivity contribution < 1.29 is 9.21 Å². The van der Waals surface area contributed by atoms with Crippen LogP contribution in [0.25, 0.3) is 0 Å². The lowest BCUT2D eigenvalue weighted by Gasteiger charge is -2.09. The third kappa shape index (κ3) is 2.36. The molecule has 1 unspecified atom stereocenters. The van der Waals surface area contributed by atoms with E-state index in [1.165, 1.54) is 0 Å². The monoisotopic (exact) mass is 303 g/mol. The molecule has 1 aromatic heterocycles. The predicted molar refractivity (Wildman–Crippen MR) is 70.3 cm³/mol. The van der Waals surface area contributed by atoms with E-state index < -0.39 is 5.92 Å². The van der Waals surface area contributed by atoms with Gasteiger partial charge >= 0.3 is 0 Å². The van der Waals surface area contributed by atoms with E-state index in [1.807, 2.05) is 31.2 Å². The highest BCUT2D eigenvalue weighted by molar-refractivity contribution is 9.10. The van der Waals surface area contributed by atoms with E-state index in [9.17, 15) is 10.1 Å². The van der Waals surface area contributed by atoms with Gasteiger partial charge in [-0.1, -0.05) is 24.3 Å². The third-order valence-corrected chi connectivity index (χ3v) is 3.13. The molecule has 0 amide bonds. The average molecular weight is 304 g/mol. The zero-order valence-electron chi connectivity index (χ0n) is 9.68. The van der Waals surface area contributed by atoms with Gasteiger partial charge in [-0.25, -0.2) is 0 Å². The highest BCUT2D eigenvalue weighted by Crippen LogP contribution is 2.25. The average Bonchev–Trinajstić information content (AvgIpc) is 2.79. The van der Waals surface area contributed by atoms with Crippen molar-refractivity contribution in [1.29, 1.82) is 5.26 Å². The van der Waals surface area contributed by atoms with Crippen LogP contribution in [0.15, 0.2) is 45.5 Å². The maximum Gasteiger partial charge on any atom is 0.219 e. The second kappa shape index (κ2) is 5.19. The normalized spacial score (nSPS) is 11.8. The Morgan fingerprint density at radius 3 is 2.61 bits per heavy atom. The number of hydrogen-bond acceptors (Lipinski definition) is 3. The SMILES string of the molecule is Cc1ccccc1C(C#N)C(=O)c1ccc(Br)o1. The minimum absolute atomic E-state index is 0.191. The van der Waals surface area contributed by atoms with Crippen LogP contribution in [0.2, 0.25) is 0 Å². The summed E-state index contributed by atoms with van der Waals surface area (Å²) in [4.78, 5) is 12.2. The van der Waals surface area contributed by atoms with Crippen molar-refractivity contribution in [3.8, 4) is 6.07 Å². The zero-order chi connectivity index (χ0) is 13.1. The number of aryl methyl sites for hydroxylation is 1. The van der Waals surface area contributed by atoms with Crippen molar-refractivity contribution in [2.45, 2.75) is 12.8 Å². The first-order valence-corrected chi connectivity index (χ1v) is 6.17. The summed E-state index contributed by atoms with van der Waals surface area (Å²) in [6, 6.07) is 12.6. The molecule has 0 N–H and O–H groups in total. The largest absolute Gasteiger partial charge is 0.446 e. The summed E-state index contributed by atoms with van der Waals surface area (Å²) in [6.07, 6.45) is 0. The maximum absolute atomic E-state index is 12.2. The highest BCUT2D eigenvalue weighted by atomic mass is 79.9. The van der Waals surface area contributed by atoms with Gasteiger partial charge < -0.3 is 4.42 Å². The van der Waals surface area contributed by atoms with Gasteiger partial charge in [0.2, 0.25) is 5.78 Å². The number of carbonyl (C=O) groups excluding carboxylic acids is 1. The van der Waals surface area contributed by atoms with Gasteiger partial charge in [-0.05, 0) is 46.1 Å². The second-order valence-corrected chi connectivity index (χ2v) is 4.67. The number of Topliss-reactive ketones (excluding diaryl/α,β-unsaturated/α-hetero) is 1. The van der Waals surface area contributed by atoms with Crippen molar-refractivity contribution >= 4 is 21.7 Å². The quantitative estimate of drug-likeness (QED) is 0.810. The Kier molecular flexibility index (Phi) is 3.63. The maximum atomic E-state index is 12.2. The van der Waals surface area contributed by atoms with Crippen LogP contribution in [0.5, 0.6) is 0 Å². The Balaban J connectivity index is 2.39. The van der Waals surface area contributed by atoms with Crippen molar-refractivity contribution in [2.24, 2.45) is 0 Å². The minimum Gasteiger partial charge on any atom is -0.446 e. The molecule has 0 aliphatic heterocycles. The number of rotatable bonds is 3. The summed E-state index contributed by atoms with van der Waals surface area (Å²) in [5.41, 5.74) is 1.64. The molecular weight excluding hydrogens is 294 g/mol. The zero-order valence-corrected chi connectivity index (χ0v) is 11.3. The number of hydrogen-bond donors (Lipinski definition) is 0. The van der Waals surface area contributed by atoms with Gasteiger partial charge in [0, 0.05) is 0 Å². The number of nitrogens with zero attached hydrogens (tertiary/aromatic N) is 1. The molecule has 0 spiro atoms. The molecule has 3 nitrogen and oxygen atoms in total. The van der Waals surface area contributed by atoms with Crippen LogP contribution in [0.1, 0.15) is 27.6 Å². The summed E-state index contributed by atoms with van der Waals surface area (Å²) >= 11 is 3.14. The van der Waals surface area contributed by atoms with Crippen LogP contribution < -0.4 is 0 Å². The number of furan rings is 1. The van der Waals surface area contributed by atoms with Crippen molar-refractivity contribution in [3.05, 3.63) is 58.0 Å². The fourth-order valence-electron chi connectivity index (χ4n) is 1.77. The van der Waals surface area contributed by atoms with Crippen LogP contribution in [-0.2, 0) is 0 Å². The Hall–Kier alpha value is -1.86. The molecule has 0 aliphatic rings. The molecule has 0 saturated heterocycles. The smallest absolute Gasteiger partial charge is 0.219 e. The molecule has 1 heterocycles. The van der Waals surface area contributed by atoms with Gasteiger partial charge in [0.15, 0.2) is 10.4 Å². The summed E-state index contributed by atoms with van der Waals surface area (Å²) < 4.78 is 5.68. The van der Waals surface area contributed by atoms with E-state index in [-0.39, 0.29) is 11.5 Å². The Labute approximate surface area is 113 Å². The highest BCUT2D eigenvalue weighted by Gasteiger charge is 2.25. The van der Waals surface area contributed by atoms with Gasteiger partial charge in [0.25, 0.3) is 0 Å². The van der Waals surface area contributed by atoms with E-state index in [0.29, 0.717) is 4.67 Å². The molecule has 18 heavy (non-hydrogen) atoms. The van der Waals surface area contributed by atoms with Gasteiger partial charge in [-0.3, -0.25) is 4.79 Å². The van der Waals surface area contributed by atoms with Crippen molar-refractivity contribution in [3.63, 3.8) is 0 Å². The van der Waals surface area contributed by atoms with E-state index in [0.717, 1.165) is 11.1 Å². The molecule has 0 aliphatic carbocycles. The first-order chi connectivity index (χ1) is 8.63. The van der Waals surface area contributed by atoms with E-state index >= 15 is 0 Å². The lowest BCUT2D eigenvalue weighted by atomic mass is 9.91. The van der Waals surface area contributed by atoms with E-state index in [2.05, 4.69) is 15.9 Å². The minimum atomic E-state index is -0.829. The lowest BCUT2D eigenvalue weighted by Crippen LogP contribution is -2.11. The van der Waals surface area contributed by atoms with Crippen LogP contribution in [0.3, 0.4) is 0 Å². The number of benzene rings is 1. The summed E-state index contributed by atoms with van der Waals surface area (Å²) in [5.74, 6) is -0.960. The first kappa shape index (κ1) is 12.6. The standard InChI is InChI=1S/C14H10BrNO2/c1-9-4-2-3-5-10(9)11(8-16)14(17)12-6-7-13(15)18-12/h2-7,11H,1H3. The number of halogens is 1. The van der Waals surface area contributed by atoms with Crippen LogP contribution in [0, 0.1) is 18.3 Å². The molecule has 0 fully saturated rings. The van der Waals surface area contributed by atoms with Gasteiger partial charge in [-0.2, -0.15) is 5.26 Å². The fraction of sp³-hybridized carbons (Fsp3) is 0.143. The topological polar surface area (TPSA) is 54.0 Å². The molecular formula is C14H10BrNO2. The van der Waals surface area contributed by atoms with Gasteiger partial charge in [0.1, 0.15) is 5.92 Å². The number of nitriles is 1.